The first-order valence-electron chi connectivity index (χ1n) is 7.61. The van der Waals surface area contributed by atoms with E-state index < -0.39 is 6.10 Å². The second-order valence-electron chi connectivity index (χ2n) is 5.54. The maximum absolute atomic E-state index is 12.7. The number of aromatic nitrogens is 1. The van der Waals surface area contributed by atoms with Gasteiger partial charge in [-0.15, -0.1) is 0 Å². The van der Waals surface area contributed by atoms with Crippen molar-refractivity contribution in [3.63, 3.8) is 0 Å². The minimum absolute atomic E-state index is 0.0843. The summed E-state index contributed by atoms with van der Waals surface area (Å²) in [4.78, 5) is 14.2. The first kappa shape index (κ1) is 16.0. The highest BCUT2D eigenvalue weighted by Crippen LogP contribution is 2.18. The fourth-order valence-corrected chi connectivity index (χ4v) is 2.42. The molecule has 0 bridgehead atoms. The van der Waals surface area contributed by atoms with E-state index in [9.17, 15) is 9.90 Å². The van der Waals surface area contributed by atoms with E-state index in [2.05, 4.69) is 5.16 Å². The van der Waals surface area contributed by atoms with Crippen LogP contribution in [0.25, 0.3) is 0 Å². The first-order chi connectivity index (χ1) is 11.6. The van der Waals surface area contributed by atoms with Gasteiger partial charge in [0.1, 0.15) is 11.9 Å². The molecule has 1 N–H and O–H groups in total. The van der Waals surface area contributed by atoms with Crippen LogP contribution in [-0.4, -0.2) is 27.6 Å². The number of rotatable bonds is 6. The number of aliphatic hydroxyl groups excluding tert-OH is 1. The van der Waals surface area contributed by atoms with Crippen molar-refractivity contribution in [2.24, 2.45) is 0 Å². The van der Waals surface area contributed by atoms with Gasteiger partial charge in [-0.25, -0.2) is 0 Å². The van der Waals surface area contributed by atoms with Gasteiger partial charge >= 0.3 is 0 Å². The summed E-state index contributed by atoms with van der Waals surface area (Å²) in [5, 5.41) is 14.1. The molecular weight excluding hydrogens is 308 g/mol. The van der Waals surface area contributed by atoms with Crippen molar-refractivity contribution in [1.82, 2.24) is 10.1 Å². The van der Waals surface area contributed by atoms with Crippen LogP contribution in [0.15, 0.2) is 63.7 Å². The molecule has 0 aliphatic carbocycles. The lowest BCUT2D eigenvalue weighted by Gasteiger charge is -2.23. The Labute approximate surface area is 139 Å². The average Bonchev–Trinajstić information content (AvgIpc) is 3.26. The van der Waals surface area contributed by atoms with Crippen molar-refractivity contribution < 1.29 is 18.8 Å². The quantitative estimate of drug-likeness (QED) is 0.753. The summed E-state index contributed by atoms with van der Waals surface area (Å²) in [6, 6.07) is 14.5. The molecule has 2 aromatic heterocycles. The molecule has 0 spiro atoms. The lowest BCUT2D eigenvalue weighted by atomic mass is 10.1. The predicted molar refractivity (Wildman–Crippen MR) is 86.1 cm³/mol. The number of aryl methyl sites for hydroxylation is 1. The van der Waals surface area contributed by atoms with Crippen molar-refractivity contribution in [1.29, 1.82) is 0 Å². The van der Waals surface area contributed by atoms with Crippen LogP contribution in [0, 0.1) is 6.92 Å². The highest BCUT2D eigenvalue weighted by Gasteiger charge is 2.24. The molecule has 2 heterocycles. The van der Waals surface area contributed by atoms with Crippen LogP contribution in [0.3, 0.4) is 0 Å². The molecular formula is C18H18N2O4. The summed E-state index contributed by atoms with van der Waals surface area (Å²) >= 11 is 0. The van der Waals surface area contributed by atoms with Gasteiger partial charge in [-0.1, -0.05) is 35.5 Å². The van der Waals surface area contributed by atoms with E-state index in [1.807, 2.05) is 30.3 Å². The predicted octanol–water partition coefficient (Wildman–Crippen LogP) is 2.95. The third kappa shape index (κ3) is 3.72. The van der Waals surface area contributed by atoms with Crippen LogP contribution < -0.4 is 0 Å². The lowest BCUT2D eigenvalue weighted by molar-refractivity contribution is 0.0527. The molecule has 0 aliphatic rings. The first-order valence-corrected chi connectivity index (χ1v) is 7.61. The van der Waals surface area contributed by atoms with Crippen molar-refractivity contribution in [3.8, 4) is 0 Å². The van der Waals surface area contributed by atoms with Crippen LogP contribution in [-0.2, 0) is 6.54 Å². The van der Waals surface area contributed by atoms with Gasteiger partial charge in [0, 0.05) is 12.6 Å². The van der Waals surface area contributed by atoms with Crippen molar-refractivity contribution in [2.75, 3.05) is 6.54 Å². The van der Waals surface area contributed by atoms with Crippen molar-refractivity contribution >= 4 is 5.91 Å². The largest absolute Gasteiger partial charge is 0.467 e. The van der Waals surface area contributed by atoms with E-state index in [0.717, 1.165) is 5.56 Å². The summed E-state index contributed by atoms with van der Waals surface area (Å²) in [6.45, 7) is 2.18. The molecule has 0 aliphatic heterocycles. The highest BCUT2D eigenvalue weighted by molar-refractivity contribution is 5.91. The zero-order valence-electron chi connectivity index (χ0n) is 13.3. The summed E-state index contributed by atoms with van der Waals surface area (Å²) in [5.41, 5.74) is 1.58. The van der Waals surface area contributed by atoms with Gasteiger partial charge in [0.2, 0.25) is 5.76 Å². The molecule has 3 aromatic rings. The number of carbonyl (C=O) groups is 1. The Bertz CT molecular complexity index is 780. The van der Waals surface area contributed by atoms with Gasteiger partial charge in [-0.05, 0) is 24.6 Å². The third-order valence-electron chi connectivity index (χ3n) is 3.61. The number of hydrogen-bond donors (Lipinski definition) is 1. The number of amides is 1. The molecule has 6 nitrogen and oxygen atoms in total. The van der Waals surface area contributed by atoms with Gasteiger partial charge in [0.25, 0.3) is 5.91 Å². The van der Waals surface area contributed by atoms with Gasteiger partial charge in [0.05, 0.1) is 18.5 Å². The van der Waals surface area contributed by atoms with E-state index in [0.29, 0.717) is 18.0 Å². The monoisotopic (exact) mass is 326 g/mol. The second-order valence-corrected chi connectivity index (χ2v) is 5.54. The molecule has 24 heavy (non-hydrogen) atoms. The minimum atomic E-state index is -0.920. The van der Waals surface area contributed by atoms with Crippen molar-refractivity contribution in [2.45, 2.75) is 19.6 Å². The Kier molecular flexibility index (Phi) is 4.77. The van der Waals surface area contributed by atoms with E-state index in [-0.39, 0.29) is 18.2 Å². The molecule has 124 valence electrons. The Morgan fingerprint density at radius 3 is 2.67 bits per heavy atom. The Hall–Kier alpha value is -2.86. The Morgan fingerprint density at radius 2 is 2.04 bits per heavy atom. The van der Waals surface area contributed by atoms with E-state index >= 15 is 0 Å². The highest BCUT2D eigenvalue weighted by atomic mass is 16.5. The van der Waals surface area contributed by atoms with Crippen molar-refractivity contribution in [3.05, 3.63) is 77.6 Å². The van der Waals surface area contributed by atoms with Gasteiger partial charge in [-0.2, -0.15) is 0 Å². The van der Waals surface area contributed by atoms with Crippen LogP contribution in [0.1, 0.15) is 33.7 Å². The normalized spacial score (nSPS) is 12.1. The molecule has 3 rings (SSSR count). The molecule has 0 unspecified atom stereocenters. The molecule has 1 atom stereocenters. The van der Waals surface area contributed by atoms with Crippen LogP contribution >= 0.6 is 0 Å². The lowest BCUT2D eigenvalue weighted by Crippen LogP contribution is -2.34. The fraction of sp³-hybridized carbons (Fsp3) is 0.222. The SMILES string of the molecule is Cc1cc(C(=O)N(Cc2ccccc2)C[C@H](O)c2ccco2)on1. The Balaban J connectivity index is 1.81. The van der Waals surface area contributed by atoms with Crippen LogP contribution in [0.2, 0.25) is 0 Å². The smallest absolute Gasteiger partial charge is 0.292 e. The molecule has 0 saturated heterocycles. The summed E-state index contributed by atoms with van der Waals surface area (Å²) in [5.74, 6) is 0.231. The van der Waals surface area contributed by atoms with E-state index in [4.69, 9.17) is 8.94 Å². The van der Waals surface area contributed by atoms with E-state index in [1.54, 1.807) is 25.1 Å². The average molecular weight is 326 g/mol. The molecule has 0 saturated carbocycles. The molecule has 1 amide bonds. The molecule has 0 radical (unpaired) electrons. The fourth-order valence-electron chi connectivity index (χ4n) is 2.42. The molecule has 0 fully saturated rings. The van der Waals surface area contributed by atoms with Gasteiger partial charge in [0.15, 0.2) is 0 Å². The number of carbonyl (C=O) groups excluding carboxylic acids is 1. The maximum atomic E-state index is 12.7. The summed E-state index contributed by atoms with van der Waals surface area (Å²) < 4.78 is 10.3. The zero-order valence-corrected chi connectivity index (χ0v) is 13.3. The number of furan rings is 1. The minimum Gasteiger partial charge on any atom is -0.467 e. The number of aliphatic hydroxyl groups is 1. The maximum Gasteiger partial charge on any atom is 0.292 e. The van der Waals surface area contributed by atoms with Crippen LogP contribution in [0.5, 0.6) is 0 Å². The summed E-state index contributed by atoms with van der Waals surface area (Å²) in [6.07, 6.45) is 0.568. The van der Waals surface area contributed by atoms with E-state index in [1.165, 1.54) is 11.2 Å². The van der Waals surface area contributed by atoms with Gasteiger partial charge < -0.3 is 18.9 Å². The standard InChI is InChI=1S/C18H18N2O4/c1-13-10-17(24-19-13)18(22)20(11-14-6-3-2-4-7-14)12-15(21)16-8-5-9-23-16/h2-10,15,21H,11-12H2,1H3/t15-/m0/s1. The number of benzene rings is 1. The van der Waals surface area contributed by atoms with Gasteiger partial charge in [-0.3, -0.25) is 4.79 Å². The molecule has 6 heteroatoms. The summed E-state index contributed by atoms with van der Waals surface area (Å²) in [7, 11) is 0. The number of hydrogen-bond acceptors (Lipinski definition) is 5. The molecule has 1 aromatic carbocycles. The number of nitrogens with zero attached hydrogens (tertiary/aromatic N) is 2. The third-order valence-corrected chi connectivity index (χ3v) is 3.61. The second kappa shape index (κ2) is 7.14. The topological polar surface area (TPSA) is 79.7 Å². The zero-order chi connectivity index (χ0) is 16.9. The Morgan fingerprint density at radius 1 is 1.25 bits per heavy atom. The van der Waals surface area contributed by atoms with Crippen LogP contribution in [0.4, 0.5) is 0 Å².